The van der Waals surface area contributed by atoms with Crippen LogP contribution in [0.5, 0.6) is 0 Å². The minimum Gasteiger partial charge on any atom is -0.296 e. The minimum atomic E-state index is 0.757. The van der Waals surface area contributed by atoms with Gasteiger partial charge in [-0.3, -0.25) is 10.2 Å². The van der Waals surface area contributed by atoms with Crippen LogP contribution in [0.2, 0.25) is 0 Å². The molecule has 13 heavy (non-hydrogen) atoms. The van der Waals surface area contributed by atoms with E-state index in [1.165, 1.54) is 25.7 Å². The topological polar surface area (TPSA) is 15.0 Å². The second kappa shape index (κ2) is 2.71. The molecule has 3 aliphatic rings. The van der Waals surface area contributed by atoms with Crippen LogP contribution in [-0.2, 0) is 0 Å². The molecule has 0 bridgehead atoms. The average molecular weight is 180 g/mol. The molecule has 5 atom stereocenters. The first-order valence-electron chi connectivity index (χ1n) is 5.82. The monoisotopic (exact) mass is 180 g/mol. The lowest BCUT2D eigenvalue weighted by atomic mass is 9.90. The van der Waals surface area contributed by atoms with Crippen molar-refractivity contribution in [2.75, 3.05) is 0 Å². The maximum Gasteiger partial charge on any atom is 0.0770 e. The Morgan fingerprint density at radius 1 is 1.23 bits per heavy atom. The zero-order chi connectivity index (χ0) is 9.00. The van der Waals surface area contributed by atoms with Crippen molar-refractivity contribution in [1.82, 2.24) is 10.2 Å². The Labute approximate surface area is 80.7 Å². The van der Waals surface area contributed by atoms with Gasteiger partial charge >= 0.3 is 0 Å². The molecule has 2 heteroatoms. The number of hydrogen-bond acceptors (Lipinski definition) is 2. The number of rotatable bonds is 1. The maximum atomic E-state index is 3.79. The summed E-state index contributed by atoms with van der Waals surface area (Å²) in [6.45, 7) is 4.70. The van der Waals surface area contributed by atoms with E-state index in [1.54, 1.807) is 0 Å². The SMILES string of the molecule is CC(C)C1C2N[C@@H]3CCCC[C@@H]3N21. The van der Waals surface area contributed by atoms with Crippen LogP contribution >= 0.6 is 0 Å². The van der Waals surface area contributed by atoms with Crippen molar-refractivity contribution in [1.29, 1.82) is 0 Å². The van der Waals surface area contributed by atoms with Crippen LogP contribution in [0.1, 0.15) is 39.5 Å². The van der Waals surface area contributed by atoms with Gasteiger partial charge in [0.15, 0.2) is 0 Å². The second-order valence-corrected chi connectivity index (χ2v) is 5.25. The van der Waals surface area contributed by atoms with Gasteiger partial charge in [-0.05, 0) is 18.8 Å². The predicted octanol–water partition coefficient (Wildman–Crippen LogP) is 1.57. The minimum absolute atomic E-state index is 0.757. The van der Waals surface area contributed by atoms with Crippen molar-refractivity contribution in [2.24, 2.45) is 5.92 Å². The summed E-state index contributed by atoms with van der Waals surface area (Å²) in [5, 5.41) is 3.79. The molecule has 1 saturated carbocycles. The Morgan fingerprint density at radius 2 is 2.00 bits per heavy atom. The molecule has 2 nitrogen and oxygen atoms in total. The van der Waals surface area contributed by atoms with Crippen molar-refractivity contribution in [3.8, 4) is 0 Å². The first kappa shape index (κ1) is 8.25. The van der Waals surface area contributed by atoms with E-state index in [9.17, 15) is 0 Å². The molecule has 3 rings (SSSR count). The van der Waals surface area contributed by atoms with Gasteiger partial charge in [0.2, 0.25) is 0 Å². The molecule has 0 spiro atoms. The zero-order valence-corrected chi connectivity index (χ0v) is 8.66. The van der Waals surface area contributed by atoms with Gasteiger partial charge in [0.05, 0.1) is 6.17 Å². The maximum absolute atomic E-state index is 3.79. The Morgan fingerprint density at radius 3 is 2.77 bits per heavy atom. The third kappa shape index (κ3) is 1.08. The molecule has 1 aliphatic carbocycles. The van der Waals surface area contributed by atoms with Crippen molar-refractivity contribution < 1.29 is 0 Å². The van der Waals surface area contributed by atoms with Gasteiger partial charge in [0.1, 0.15) is 0 Å². The van der Waals surface area contributed by atoms with E-state index in [-0.39, 0.29) is 0 Å². The Kier molecular flexibility index (Phi) is 1.72. The molecule has 0 aromatic heterocycles. The third-order valence-electron chi connectivity index (χ3n) is 4.08. The van der Waals surface area contributed by atoms with Gasteiger partial charge in [-0.1, -0.05) is 26.7 Å². The molecule has 0 amide bonds. The lowest BCUT2D eigenvalue weighted by Gasteiger charge is -2.29. The van der Waals surface area contributed by atoms with Gasteiger partial charge in [0, 0.05) is 18.1 Å². The van der Waals surface area contributed by atoms with Crippen LogP contribution in [0, 0.1) is 5.92 Å². The van der Waals surface area contributed by atoms with Gasteiger partial charge in [-0.25, -0.2) is 0 Å². The highest BCUT2D eigenvalue weighted by molar-refractivity contribution is 5.15. The number of nitrogens with one attached hydrogen (secondary N) is 1. The van der Waals surface area contributed by atoms with Crippen LogP contribution in [-0.4, -0.2) is 29.2 Å². The summed E-state index contributed by atoms with van der Waals surface area (Å²) in [4.78, 5) is 2.73. The van der Waals surface area contributed by atoms with Crippen molar-refractivity contribution in [2.45, 2.75) is 63.8 Å². The van der Waals surface area contributed by atoms with E-state index in [0.717, 1.165) is 30.2 Å². The highest BCUT2D eigenvalue weighted by Crippen LogP contribution is 2.45. The number of piperazine rings is 1. The van der Waals surface area contributed by atoms with Crippen LogP contribution in [0.4, 0.5) is 0 Å². The van der Waals surface area contributed by atoms with E-state index >= 15 is 0 Å². The van der Waals surface area contributed by atoms with Crippen LogP contribution in [0.3, 0.4) is 0 Å². The van der Waals surface area contributed by atoms with Crippen LogP contribution < -0.4 is 5.32 Å². The molecule has 2 saturated heterocycles. The molecule has 0 aromatic rings. The Balaban J connectivity index is 1.71. The Bertz CT molecular complexity index is 214. The van der Waals surface area contributed by atoms with E-state index in [1.807, 2.05) is 0 Å². The fraction of sp³-hybridized carbons (Fsp3) is 1.00. The van der Waals surface area contributed by atoms with Crippen LogP contribution in [0.15, 0.2) is 0 Å². The van der Waals surface area contributed by atoms with E-state index in [4.69, 9.17) is 0 Å². The van der Waals surface area contributed by atoms with Crippen LogP contribution in [0.25, 0.3) is 0 Å². The van der Waals surface area contributed by atoms with Gasteiger partial charge in [-0.2, -0.15) is 0 Å². The largest absolute Gasteiger partial charge is 0.296 e. The zero-order valence-electron chi connectivity index (χ0n) is 8.66. The highest BCUT2D eigenvalue weighted by Gasteiger charge is 2.60. The fourth-order valence-electron chi connectivity index (χ4n) is 3.47. The van der Waals surface area contributed by atoms with Crippen molar-refractivity contribution in [3.05, 3.63) is 0 Å². The summed E-state index contributed by atoms with van der Waals surface area (Å²) in [5.41, 5.74) is 0. The van der Waals surface area contributed by atoms with Gasteiger partial charge < -0.3 is 0 Å². The second-order valence-electron chi connectivity index (χ2n) is 5.25. The summed E-state index contributed by atoms with van der Waals surface area (Å²) in [5.74, 6) is 0.834. The van der Waals surface area contributed by atoms with Crippen molar-refractivity contribution in [3.63, 3.8) is 0 Å². The molecule has 1 N–H and O–H groups in total. The van der Waals surface area contributed by atoms with Gasteiger partial charge in [-0.15, -0.1) is 0 Å². The lowest BCUT2D eigenvalue weighted by molar-refractivity contribution is 0.255. The predicted molar refractivity (Wildman–Crippen MR) is 53.4 cm³/mol. The molecule has 74 valence electrons. The first-order chi connectivity index (χ1) is 6.29. The Hall–Kier alpha value is -0.0800. The highest BCUT2D eigenvalue weighted by atomic mass is 15.5. The fourth-order valence-corrected chi connectivity index (χ4v) is 3.47. The molecule has 3 fully saturated rings. The molecule has 2 heterocycles. The molecular weight excluding hydrogens is 160 g/mol. The smallest absolute Gasteiger partial charge is 0.0770 e. The third-order valence-corrected chi connectivity index (χ3v) is 4.08. The van der Waals surface area contributed by atoms with E-state index in [0.29, 0.717) is 0 Å². The molecular formula is C11H20N2. The summed E-state index contributed by atoms with van der Waals surface area (Å²) in [6.07, 6.45) is 6.52. The summed E-state index contributed by atoms with van der Waals surface area (Å²) >= 11 is 0. The summed E-state index contributed by atoms with van der Waals surface area (Å²) in [6, 6.07) is 2.60. The lowest BCUT2D eigenvalue weighted by Crippen LogP contribution is -2.42. The molecule has 2 aliphatic heterocycles. The summed E-state index contributed by atoms with van der Waals surface area (Å²) < 4.78 is 0. The quantitative estimate of drug-likeness (QED) is 0.616. The molecule has 0 radical (unpaired) electrons. The first-order valence-corrected chi connectivity index (χ1v) is 5.82. The normalized spacial score (nSPS) is 53.3. The molecule has 0 aromatic carbocycles. The molecule has 3 unspecified atom stereocenters. The van der Waals surface area contributed by atoms with Gasteiger partial charge in [0.25, 0.3) is 0 Å². The average Bonchev–Trinajstić information content (AvgIpc) is 2.71. The van der Waals surface area contributed by atoms with E-state index in [2.05, 4.69) is 24.1 Å². The summed E-state index contributed by atoms with van der Waals surface area (Å²) in [7, 11) is 0. The van der Waals surface area contributed by atoms with E-state index < -0.39 is 0 Å². The van der Waals surface area contributed by atoms with Crippen molar-refractivity contribution >= 4 is 0 Å². The number of nitrogens with zero attached hydrogens (tertiary/aromatic N) is 1. The number of hydrogen-bond donors (Lipinski definition) is 1. The number of fused-ring (bicyclic) bond motifs is 3. The standard InChI is InChI=1S/C11H20N2/c1-7(2)10-11-12-8-5-3-4-6-9(8)13(10)11/h7-12H,3-6H2,1-2H3/t8-,9+,10?,11?,13?/m1/s1.